The van der Waals surface area contributed by atoms with E-state index in [2.05, 4.69) is 6.92 Å². The van der Waals surface area contributed by atoms with Crippen molar-refractivity contribution in [3.8, 4) is 0 Å². The summed E-state index contributed by atoms with van der Waals surface area (Å²) in [4.78, 5) is 22.2. The molecule has 5 nitrogen and oxygen atoms in total. The molecule has 0 heterocycles. The quantitative estimate of drug-likeness (QED) is 0.377. The molecule has 0 aromatic rings. The Morgan fingerprint density at radius 3 is 1.74 bits per heavy atom. The van der Waals surface area contributed by atoms with Gasteiger partial charge in [0.2, 0.25) is 0 Å². The summed E-state index contributed by atoms with van der Waals surface area (Å²) in [7, 11) is 0. The van der Waals surface area contributed by atoms with E-state index in [4.69, 9.17) is 10.8 Å². The van der Waals surface area contributed by atoms with Crippen LogP contribution in [0.3, 0.4) is 0 Å². The number of hydrogen-bond acceptors (Lipinski definition) is 4. The first kappa shape index (κ1) is 22.1. The molecule has 0 aromatic heterocycles. The highest BCUT2D eigenvalue weighted by molar-refractivity contribution is 5.81. The molecule has 5 heteroatoms. The smallest absolute Gasteiger partial charge is 0.323 e. The van der Waals surface area contributed by atoms with E-state index in [0.29, 0.717) is 6.42 Å². The lowest BCUT2D eigenvalue weighted by molar-refractivity contribution is -0.141. The largest absolute Gasteiger partial charge is 0.480 e. The fraction of sp³-hybridized carbons (Fsp3) is 0.889. The van der Waals surface area contributed by atoms with E-state index in [-0.39, 0.29) is 12.2 Å². The van der Waals surface area contributed by atoms with E-state index in [9.17, 15) is 14.7 Å². The number of aliphatic carboxylic acids is 1. The van der Waals surface area contributed by atoms with Gasteiger partial charge in [0, 0.05) is 12.8 Å². The molecule has 0 saturated heterocycles. The molecular formula is C18H35NO4. The Morgan fingerprint density at radius 1 is 0.870 bits per heavy atom. The van der Waals surface area contributed by atoms with Crippen LogP contribution in [0.2, 0.25) is 0 Å². The lowest BCUT2D eigenvalue weighted by Gasteiger charge is -2.13. The molecule has 2 atom stereocenters. The van der Waals surface area contributed by atoms with Gasteiger partial charge >= 0.3 is 5.97 Å². The lowest BCUT2D eigenvalue weighted by atomic mass is 10.0. The third-order valence-electron chi connectivity index (χ3n) is 4.20. The van der Waals surface area contributed by atoms with Gasteiger partial charge in [-0.1, -0.05) is 71.1 Å². The zero-order valence-corrected chi connectivity index (χ0v) is 14.6. The highest BCUT2D eigenvalue weighted by Gasteiger charge is 2.23. The summed E-state index contributed by atoms with van der Waals surface area (Å²) < 4.78 is 0. The normalized spacial score (nSPS) is 13.7. The SMILES string of the molecule is CCCCCCCCCCCCCC(=O)C[C@@H](O)[C@H](N)C(=O)O. The molecule has 0 fully saturated rings. The number of carboxylic acid groups (broad SMARTS) is 1. The topological polar surface area (TPSA) is 101 Å². The molecule has 0 aliphatic carbocycles. The summed E-state index contributed by atoms with van der Waals surface area (Å²) in [5.41, 5.74) is 5.27. The van der Waals surface area contributed by atoms with E-state index >= 15 is 0 Å². The van der Waals surface area contributed by atoms with Gasteiger partial charge in [0.15, 0.2) is 0 Å². The fourth-order valence-corrected chi connectivity index (χ4v) is 2.61. The van der Waals surface area contributed by atoms with Crippen molar-refractivity contribution < 1.29 is 19.8 Å². The first-order valence-electron chi connectivity index (χ1n) is 9.17. The fourth-order valence-electron chi connectivity index (χ4n) is 2.61. The summed E-state index contributed by atoms with van der Waals surface area (Å²) in [6.45, 7) is 2.23. The van der Waals surface area contributed by atoms with E-state index < -0.39 is 18.1 Å². The first-order valence-corrected chi connectivity index (χ1v) is 9.17. The molecule has 0 aliphatic heterocycles. The number of Topliss-reactive ketones (excluding diaryl/α,β-unsaturated/α-hetero) is 1. The molecule has 136 valence electrons. The molecule has 23 heavy (non-hydrogen) atoms. The highest BCUT2D eigenvalue weighted by Crippen LogP contribution is 2.12. The van der Waals surface area contributed by atoms with Gasteiger partial charge in [0.1, 0.15) is 11.8 Å². The summed E-state index contributed by atoms with van der Waals surface area (Å²) >= 11 is 0. The summed E-state index contributed by atoms with van der Waals surface area (Å²) in [5.74, 6) is -1.38. The maximum absolute atomic E-state index is 11.6. The maximum Gasteiger partial charge on any atom is 0.323 e. The van der Waals surface area contributed by atoms with Gasteiger partial charge in [-0.25, -0.2) is 0 Å². The number of carbonyl (C=O) groups excluding carboxylic acids is 1. The number of rotatable bonds is 16. The predicted octanol–water partition coefficient (Wildman–Crippen LogP) is 3.42. The average molecular weight is 329 g/mol. The third-order valence-corrected chi connectivity index (χ3v) is 4.20. The van der Waals surface area contributed by atoms with Gasteiger partial charge in [-0.15, -0.1) is 0 Å². The van der Waals surface area contributed by atoms with Crippen LogP contribution < -0.4 is 5.73 Å². The van der Waals surface area contributed by atoms with Crippen LogP contribution in [0.25, 0.3) is 0 Å². The molecular weight excluding hydrogens is 294 g/mol. The van der Waals surface area contributed by atoms with E-state index in [1.54, 1.807) is 0 Å². The number of nitrogens with two attached hydrogens (primary N) is 1. The number of aliphatic hydroxyl groups excluding tert-OH is 1. The number of ketones is 1. The minimum Gasteiger partial charge on any atom is -0.480 e. The minimum atomic E-state index is -1.38. The second-order valence-electron chi connectivity index (χ2n) is 6.46. The van der Waals surface area contributed by atoms with Crippen LogP contribution >= 0.6 is 0 Å². The molecule has 0 saturated carbocycles. The molecule has 0 aliphatic rings. The Labute approximate surface area is 140 Å². The van der Waals surface area contributed by atoms with Crippen LogP contribution in [-0.2, 0) is 9.59 Å². The van der Waals surface area contributed by atoms with Crippen molar-refractivity contribution in [2.45, 2.75) is 103 Å². The third kappa shape index (κ3) is 13.2. The Balaban J connectivity index is 3.41. The van der Waals surface area contributed by atoms with Crippen LogP contribution in [0.15, 0.2) is 0 Å². The van der Waals surface area contributed by atoms with Crippen LogP contribution in [0.1, 0.15) is 90.4 Å². The number of aliphatic hydroxyl groups is 1. The second-order valence-corrected chi connectivity index (χ2v) is 6.46. The van der Waals surface area contributed by atoms with Crippen molar-refractivity contribution in [2.75, 3.05) is 0 Å². The highest BCUT2D eigenvalue weighted by atomic mass is 16.4. The van der Waals surface area contributed by atoms with Crippen LogP contribution in [0, 0.1) is 0 Å². The summed E-state index contributed by atoms with van der Waals surface area (Å²) in [5, 5.41) is 18.2. The molecule has 0 bridgehead atoms. The van der Waals surface area contributed by atoms with Crippen molar-refractivity contribution in [1.29, 1.82) is 0 Å². The Hall–Kier alpha value is -0.940. The molecule has 0 amide bonds. The van der Waals surface area contributed by atoms with Gasteiger partial charge in [0.25, 0.3) is 0 Å². The second kappa shape index (κ2) is 14.6. The van der Waals surface area contributed by atoms with E-state index in [0.717, 1.165) is 19.3 Å². The van der Waals surface area contributed by atoms with Crippen molar-refractivity contribution in [3.05, 3.63) is 0 Å². The maximum atomic E-state index is 11.6. The summed E-state index contributed by atoms with van der Waals surface area (Å²) in [6, 6.07) is -1.38. The van der Waals surface area contributed by atoms with Gasteiger partial charge in [0.05, 0.1) is 6.10 Å². The molecule has 0 rings (SSSR count). The zero-order chi connectivity index (χ0) is 17.5. The van der Waals surface area contributed by atoms with Gasteiger partial charge in [-0.05, 0) is 6.42 Å². The zero-order valence-electron chi connectivity index (χ0n) is 14.6. The molecule has 0 radical (unpaired) electrons. The number of unbranched alkanes of at least 4 members (excludes halogenated alkanes) is 10. The first-order chi connectivity index (χ1) is 11.0. The van der Waals surface area contributed by atoms with Crippen molar-refractivity contribution in [3.63, 3.8) is 0 Å². The Bertz CT molecular complexity index is 320. The predicted molar refractivity (Wildman–Crippen MR) is 92.3 cm³/mol. The monoisotopic (exact) mass is 329 g/mol. The van der Waals surface area contributed by atoms with Crippen molar-refractivity contribution >= 4 is 11.8 Å². The van der Waals surface area contributed by atoms with Crippen LogP contribution in [-0.4, -0.2) is 34.1 Å². The lowest BCUT2D eigenvalue weighted by Crippen LogP contribution is -2.42. The average Bonchev–Trinajstić information content (AvgIpc) is 2.51. The number of carboxylic acids is 1. The van der Waals surface area contributed by atoms with Crippen LogP contribution in [0.4, 0.5) is 0 Å². The molecule has 4 N–H and O–H groups in total. The van der Waals surface area contributed by atoms with Gasteiger partial charge in [-0.2, -0.15) is 0 Å². The summed E-state index contributed by atoms with van der Waals surface area (Å²) in [6.07, 6.45) is 12.4. The Morgan fingerprint density at radius 2 is 1.30 bits per heavy atom. The Kier molecular flexibility index (Phi) is 14.0. The molecule has 0 spiro atoms. The van der Waals surface area contributed by atoms with Crippen LogP contribution in [0.5, 0.6) is 0 Å². The van der Waals surface area contributed by atoms with E-state index in [1.165, 1.54) is 51.4 Å². The van der Waals surface area contributed by atoms with Crippen molar-refractivity contribution in [2.24, 2.45) is 5.73 Å². The number of hydrogen-bond donors (Lipinski definition) is 3. The van der Waals surface area contributed by atoms with Gasteiger partial charge < -0.3 is 15.9 Å². The molecule has 0 unspecified atom stereocenters. The number of carbonyl (C=O) groups is 2. The standard InChI is InChI=1S/C18H35NO4/c1-2-3-4-5-6-7-8-9-10-11-12-13-15(20)14-16(21)17(19)18(22)23/h16-17,21H,2-14,19H2,1H3,(H,22,23)/t16-,17+/m1/s1. The minimum absolute atomic E-state index is 0.106. The van der Waals surface area contributed by atoms with Gasteiger partial charge in [-0.3, -0.25) is 9.59 Å². The van der Waals surface area contributed by atoms with Crippen molar-refractivity contribution in [1.82, 2.24) is 0 Å². The molecule has 0 aromatic carbocycles. The van der Waals surface area contributed by atoms with E-state index in [1.807, 2.05) is 0 Å².